The molecule has 7 heteroatoms. The zero-order chi connectivity index (χ0) is 16.0. The quantitative estimate of drug-likeness (QED) is 0.837. The molecule has 1 aromatic carbocycles. The van der Waals surface area contributed by atoms with Crippen LogP contribution in [0.4, 0.5) is 10.5 Å². The van der Waals surface area contributed by atoms with Gasteiger partial charge in [0, 0.05) is 14.2 Å². The number of anilines is 1. The molecule has 21 heavy (non-hydrogen) atoms. The Morgan fingerprint density at radius 2 is 2.05 bits per heavy atom. The van der Waals surface area contributed by atoms with Crippen LogP contribution in [0.2, 0.25) is 0 Å². The van der Waals surface area contributed by atoms with Crippen molar-refractivity contribution < 1.29 is 24.2 Å². The van der Waals surface area contributed by atoms with Gasteiger partial charge < -0.3 is 24.8 Å². The fourth-order valence-electron chi connectivity index (χ4n) is 1.69. The minimum Gasteiger partial charge on any atom is -0.497 e. The standard InChI is InChI=1S/C14H20N2O5/c1-9(8-20-3)16(2)14(19)15-12-6-5-10(21-4)7-11(12)13(17)18/h5-7,9H,8H2,1-4H3,(H,15,19)(H,17,18). The number of carbonyl (C=O) groups excluding carboxylic acids is 1. The zero-order valence-electron chi connectivity index (χ0n) is 12.5. The van der Waals surface area contributed by atoms with Crippen LogP contribution in [0.5, 0.6) is 5.75 Å². The molecule has 1 aromatic rings. The van der Waals surface area contributed by atoms with Gasteiger partial charge in [-0.3, -0.25) is 0 Å². The molecule has 0 saturated carbocycles. The van der Waals surface area contributed by atoms with E-state index in [1.165, 1.54) is 24.1 Å². The predicted molar refractivity (Wildman–Crippen MR) is 78.1 cm³/mol. The maximum absolute atomic E-state index is 12.1. The molecule has 1 unspecified atom stereocenters. The number of likely N-dealkylation sites (N-methyl/N-ethyl adjacent to an activating group) is 1. The number of hydrogen-bond donors (Lipinski definition) is 2. The van der Waals surface area contributed by atoms with Crippen molar-refractivity contribution in [3.63, 3.8) is 0 Å². The first-order valence-corrected chi connectivity index (χ1v) is 6.34. The molecule has 0 aliphatic heterocycles. The number of nitrogens with zero attached hydrogens (tertiary/aromatic N) is 1. The second kappa shape index (κ2) is 7.49. The number of amides is 2. The molecule has 0 bridgehead atoms. The number of rotatable bonds is 6. The van der Waals surface area contributed by atoms with Gasteiger partial charge in [0.2, 0.25) is 0 Å². The monoisotopic (exact) mass is 296 g/mol. The fourth-order valence-corrected chi connectivity index (χ4v) is 1.69. The average molecular weight is 296 g/mol. The number of carboxylic acid groups (broad SMARTS) is 1. The first kappa shape index (κ1) is 16.8. The van der Waals surface area contributed by atoms with Gasteiger partial charge in [-0.2, -0.15) is 0 Å². The summed E-state index contributed by atoms with van der Waals surface area (Å²) in [4.78, 5) is 24.8. The summed E-state index contributed by atoms with van der Waals surface area (Å²) in [5.74, 6) is -0.733. The van der Waals surface area contributed by atoms with Crippen molar-refractivity contribution in [3.8, 4) is 5.75 Å². The van der Waals surface area contributed by atoms with E-state index in [1.807, 2.05) is 6.92 Å². The van der Waals surface area contributed by atoms with E-state index in [1.54, 1.807) is 20.2 Å². The number of methoxy groups -OCH3 is 2. The first-order valence-electron chi connectivity index (χ1n) is 6.34. The summed E-state index contributed by atoms with van der Waals surface area (Å²) in [7, 11) is 4.61. The van der Waals surface area contributed by atoms with Crippen LogP contribution in [-0.2, 0) is 4.74 Å². The Balaban J connectivity index is 2.92. The highest BCUT2D eigenvalue weighted by molar-refractivity contribution is 6.00. The molecule has 1 rings (SSSR count). The van der Waals surface area contributed by atoms with Gasteiger partial charge in [-0.15, -0.1) is 0 Å². The van der Waals surface area contributed by atoms with Crippen molar-refractivity contribution in [1.29, 1.82) is 0 Å². The van der Waals surface area contributed by atoms with Crippen LogP contribution < -0.4 is 10.1 Å². The summed E-state index contributed by atoms with van der Waals surface area (Å²) in [5.41, 5.74) is 0.181. The zero-order valence-corrected chi connectivity index (χ0v) is 12.5. The third-order valence-corrected chi connectivity index (χ3v) is 3.09. The summed E-state index contributed by atoms with van der Waals surface area (Å²) in [6.07, 6.45) is 0. The molecule has 0 saturated heterocycles. The molecule has 2 N–H and O–H groups in total. The lowest BCUT2D eigenvalue weighted by Crippen LogP contribution is -2.40. The Morgan fingerprint density at radius 3 is 2.57 bits per heavy atom. The highest BCUT2D eigenvalue weighted by atomic mass is 16.5. The summed E-state index contributed by atoms with van der Waals surface area (Å²) >= 11 is 0. The van der Waals surface area contributed by atoms with Crippen molar-refractivity contribution in [3.05, 3.63) is 23.8 Å². The largest absolute Gasteiger partial charge is 0.497 e. The van der Waals surface area contributed by atoms with Crippen molar-refractivity contribution in [2.75, 3.05) is 33.2 Å². The Bertz CT molecular complexity index is 518. The molecule has 1 atom stereocenters. The molecule has 0 spiro atoms. The van der Waals surface area contributed by atoms with Crippen LogP contribution in [-0.4, -0.2) is 55.9 Å². The molecule has 0 aliphatic rings. The topological polar surface area (TPSA) is 88.1 Å². The number of aromatic carboxylic acids is 1. The highest BCUT2D eigenvalue weighted by Crippen LogP contribution is 2.22. The van der Waals surface area contributed by atoms with E-state index in [9.17, 15) is 14.7 Å². The van der Waals surface area contributed by atoms with Crippen molar-refractivity contribution in [2.45, 2.75) is 13.0 Å². The number of carbonyl (C=O) groups is 2. The Kier molecular flexibility index (Phi) is 5.98. The van der Waals surface area contributed by atoms with Crippen LogP contribution >= 0.6 is 0 Å². The minimum absolute atomic E-state index is 0.0319. The fraction of sp³-hybridized carbons (Fsp3) is 0.429. The van der Waals surface area contributed by atoms with E-state index in [0.29, 0.717) is 12.4 Å². The minimum atomic E-state index is -1.14. The smallest absolute Gasteiger partial charge is 0.337 e. The lowest BCUT2D eigenvalue weighted by Gasteiger charge is -2.25. The second-order valence-electron chi connectivity index (χ2n) is 4.56. The summed E-state index contributed by atoms with van der Waals surface area (Å²) in [6.45, 7) is 2.22. The lowest BCUT2D eigenvalue weighted by atomic mass is 10.1. The third-order valence-electron chi connectivity index (χ3n) is 3.09. The normalized spacial score (nSPS) is 11.6. The SMILES string of the molecule is COCC(C)N(C)C(=O)Nc1ccc(OC)cc1C(=O)O. The Labute approximate surface area is 123 Å². The summed E-state index contributed by atoms with van der Waals surface area (Å²) in [5, 5.41) is 11.8. The van der Waals surface area contributed by atoms with Gasteiger partial charge in [0.25, 0.3) is 0 Å². The molecule has 0 aromatic heterocycles. The molecular weight excluding hydrogens is 276 g/mol. The number of nitrogens with one attached hydrogen (secondary N) is 1. The van der Waals surface area contributed by atoms with E-state index in [-0.39, 0.29) is 17.3 Å². The lowest BCUT2D eigenvalue weighted by molar-refractivity contribution is 0.0697. The third kappa shape index (κ3) is 4.35. The molecule has 0 heterocycles. The predicted octanol–water partition coefficient (Wildman–Crippen LogP) is 1.89. The Hall–Kier alpha value is -2.28. The van der Waals surface area contributed by atoms with Gasteiger partial charge >= 0.3 is 12.0 Å². The number of hydrogen-bond acceptors (Lipinski definition) is 4. The first-order chi connectivity index (χ1) is 9.90. The maximum Gasteiger partial charge on any atom is 0.337 e. The summed E-state index contributed by atoms with van der Waals surface area (Å²) < 4.78 is 9.96. The van der Waals surface area contributed by atoms with E-state index >= 15 is 0 Å². The van der Waals surface area contributed by atoms with E-state index in [4.69, 9.17) is 9.47 Å². The second-order valence-corrected chi connectivity index (χ2v) is 4.56. The number of carboxylic acids is 1. The summed E-state index contributed by atoms with van der Waals surface area (Å²) in [6, 6.07) is 3.89. The maximum atomic E-state index is 12.1. The molecular formula is C14H20N2O5. The molecule has 7 nitrogen and oxygen atoms in total. The van der Waals surface area contributed by atoms with Crippen molar-refractivity contribution in [2.24, 2.45) is 0 Å². The van der Waals surface area contributed by atoms with E-state index < -0.39 is 12.0 Å². The van der Waals surface area contributed by atoms with E-state index in [2.05, 4.69) is 5.32 Å². The molecule has 0 fully saturated rings. The van der Waals surface area contributed by atoms with Gasteiger partial charge in [-0.1, -0.05) is 0 Å². The van der Waals surface area contributed by atoms with Crippen LogP contribution in [0, 0.1) is 0 Å². The number of urea groups is 1. The number of ether oxygens (including phenoxy) is 2. The van der Waals surface area contributed by atoms with Crippen LogP contribution in [0.15, 0.2) is 18.2 Å². The molecule has 2 amide bonds. The van der Waals surface area contributed by atoms with Crippen molar-refractivity contribution >= 4 is 17.7 Å². The van der Waals surface area contributed by atoms with Crippen LogP contribution in [0.1, 0.15) is 17.3 Å². The van der Waals surface area contributed by atoms with E-state index in [0.717, 1.165) is 0 Å². The number of benzene rings is 1. The molecule has 0 aliphatic carbocycles. The van der Waals surface area contributed by atoms with Gasteiger partial charge in [-0.25, -0.2) is 9.59 Å². The Morgan fingerprint density at radius 1 is 1.38 bits per heavy atom. The van der Waals surface area contributed by atoms with Gasteiger partial charge in [0.1, 0.15) is 5.75 Å². The average Bonchev–Trinajstić information content (AvgIpc) is 2.46. The highest BCUT2D eigenvalue weighted by Gasteiger charge is 2.19. The molecule has 0 radical (unpaired) electrons. The van der Waals surface area contributed by atoms with Crippen LogP contribution in [0.3, 0.4) is 0 Å². The van der Waals surface area contributed by atoms with Crippen LogP contribution in [0.25, 0.3) is 0 Å². The van der Waals surface area contributed by atoms with Crippen molar-refractivity contribution in [1.82, 2.24) is 4.90 Å². The van der Waals surface area contributed by atoms with Gasteiger partial charge in [0.15, 0.2) is 0 Å². The molecule has 116 valence electrons. The van der Waals surface area contributed by atoms with Gasteiger partial charge in [0.05, 0.1) is 31.0 Å². The van der Waals surface area contributed by atoms with Gasteiger partial charge in [-0.05, 0) is 25.1 Å².